The molecule has 31 heavy (non-hydrogen) atoms. The first-order valence-electron chi connectivity index (χ1n) is 10.1. The Hall–Kier alpha value is -2.78. The molecule has 1 N–H and O–H groups in total. The fraction of sp³-hybridized carbons (Fsp3) is 0.409. The lowest BCUT2D eigenvalue weighted by molar-refractivity contribution is -0.385. The van der Waals surface area contributed by atoms with Gasteiger partial charge in [-0.15, -0.1) is 0 Å². The van der Waals surface area contributed by atoms with Crippen molar-refractivity contribution in [3.8, 4) is 0 Å². The molecule has 0 saturated carbocycles. The molecule has 0 bridgehead atoms. The van der Waals surface area contributed by atoms with Crippen LogP contribution in [0, 0.1) is 22.0 Å². The molecule has 168 valence electrons. The van der Waals surface area contributed by atoms with Gasteiger partial charge >= 0.3 is 0 Å². The fourth-order valence-electron chi connectivity index (χ4n) is 3.16. The van der Waals surface area contributed by atoms with E-state index < -0.39 is 20.9 Å². The molecular weight excluding hydrogens is 418 g/mol. The lowest BCUT2D eigenvalue weighted by atomic mass is 10.1. The van der Waals surface area contributed by atoms with E-state index in [2.05, 4.69) is 5.32 Å². The summed E-state index contributed by atoms with van der Waals surface area (Å²) in [5.74, 6) is -0.0468. The third kappa shape index (κ3) is 6.86. The minimum atomic E-state index is -3.65. The van der Waals surface area contributed by atoms with Crippen LogP contribution in [0.5, 0.6) is 0 Å². The van der Waals surface area contributed by atoms with Crippen LogP contribution < -0.4 is 5.32 Å². The van der Waals surface area contributed by atoms with E-state index in [0.29, 0.717) is 24.3 Å². The van der Waals surface area contributed by atoms with Crippen LogP contribution in [-0.2, 0) is 21.2 Å². The lowest BCUT2D eigenvalue weighted by Gasteiger charge is -2.25. The van der Waals surface area contributed by atoms with Gasteiger partial charge in [0.1, 0.15) is 0 Å². The van der Waals surface area contributed by atoms with Crippen LogP contribution in [0.25, 0.3) is 0 Å². The first kappa shape index (κ1) is 24.5. The van der Waals surface area contributed by atoms with Crippen LogP contribution in [0.4, 0.5) is 11.4 Å². The van der Waals surface area contributed by atoms with Crippen LogP contribution in [-0.4, -0.2) is 36.6 Å². The zero-order valence-electron chi connectivity index (χ0n) is 18.2. The number of carbonyl (C=O) groups excluding carboxylic acids is 1. The number of sulfonamides is 1. The van der Waals surface area contributed by atoms with Gasteiger partial charge in [0.05, 0.1) is 16.2 Å². The smallest absolute Gasteiger partial charge is 0.273 e. The van der Waals surface area contributed by atoms with Crippen molar-refractivity contribution < 1.29 is 18.1 Å². The lowest BCUT2D eigenvalue weighted by Crippen LogP contribution is -2.37. The minimum Gasteiger partial charge on any atom is -0.326 e. The number of nitrogens with zero attached hydrogens (tertiary/aromatic N) is 2. The number of carbonyl (C=O) groups is 1. The molecule has 1 amide bonds. The van der Waals surface area contributed by atoms with E-state index in [0.717, 1.165) is 0 Å². The SMILES string of the molecule is CC(C)CN(CC(C)C)S(=O)(=O)c1ccc(NC(=O)Cc2ccccc2[N+](=O)[O-])cc1. The second-order valence-electron chi connectivity index (χ2n) is 8.24. The van der Waals surface area contributed by atoms with Crippen molar-refractivity contribution in [3.63, 3.8) is 0 Å². The fourth-order valence-corrected chi connectivity index (χ4v) is 4.93. The maximum absolute atomic E-state index is 13.1. The molecule has 0 radical (unpaired) electrons. The molecule has 8 nitrogen and oxygen atoms in total. The van der Waals surface area contributed by atoms with Gasteiger partial charge in [0, 0.05) is 30.4 Å². The van der Waals surface area contributed by atoms with E-state index >= 15 is 0 Å². The Balaban J connectivity index is 2.14. The van der Waals surface area contributed by atoms with Gasteiger partial charge in [-0.05, 0) is 36.1 Å². The Labute approximate surface area is 183 Å². The molecule has 0 aliphatic carbocycles. The van der Waals surface area contributed by atoms with Crippen molar-refractivity contribution in [1.29, 1.82) is 0 Å². The summed E-state index contributed by atoms with van der Waals surface area (Å²) >= 11 is 0. The Morgan fingerprint density at radius 3 is 2.06 bits per heavy atom. The predicted molar refractivity (Wildman–Crippen MR) is 120 cm³/mol. The van der Waals surface area contributed by atoms with Gasteiger partial charge in [0.25, 0.3) is 5.69 Å². The largest absolute Gasteiger partial charge is 0.326 e. The molecule has 0 aliphatic rings. The van der Waals surface area contributed by atoms with Crippen molar-refractivity contribution in [2.75, 3.05) is 18.4 Å². The van der Waals surface area contributed by atoms with Gasteiger partial charge in [-0.25, -0.2) is 8.42 Å². The third-order valence-electron chi connectivity index (χ3n) is 4.45. The van der Waals surface area contributed by atoms with E-state index in [1.165, 1.54) is 40.7 Å². The van der Waals surface area contributed by atoms with Crippen molar-refractivity contribution in [2.24, 2.45) is 11.8 Å². The molecule has 0 spiro atoms. The van der Waals surface area contributed by atoms with Crippen molar-refractivity contribution in [2.45, 2.75) is 39.0 Å². The number of benzene rings is 2. The van der Waals surface area contributed by atoms with Gasteiger partial charge in [-0.1, -0.05) is 45.9 Å². The second-order valence-corrected chi connectivity index (χ2v) is 10.2. The van der Waals surface area contributed by atoms with Crippen LogP contribution in [0.1, 0.15) is 33.3 Å². The average molecular weight is 448 g/mol. The third-order valence-corrected chi connectivity index (χ3v) is 6.30. The van der Waals surface area contributed by atoms with Crippen LogP contribution in [0.15, 0.2) is 53.4 Å². The monoisotopic (exact) mass is 447 g/mol. The first-order valence-corrected chi connectivity index (χ1v) is 11.6. The van der Waals surface area contributed by atoms with Crippen LogP contribution in [0.3, 0.4) is 0 Å². The zero-order chi connectivity index (χ0) is 23.2. The van der Waals surface area contributed by atoms with Crippen LogP contribution in [0.2, 0.25) is 0 Å². The summed E-state index contributed by atoms with van der Waals surface area (Å²) in [7, 11) is -3.65. The summed E-state index contributed by atoms with van der Waals surface area (Å²) in [6.07, 6.45) is -0.159. The van der Waals surface area contributed by atoms with Crippen molar-refractivity contribution >= 4 is 27.3 Å². The molecule has 0 aliphatic heterocycles. The number of amides is 1. The summed E-state index contributed by atoms with van der Waals surface area (Å²) in [6, 6.07) is 12.0. The van der Waals surface area contributed by atoms with E-state index in [9.17, 15) is 23.3 Å². The Bertz CT molecular complexity index is 1010. The Kier molecular flexibility index (Phi) is 8.29. The molecule has 0 unspecified atom stereocenters. The summed E-state index contributed by atoms with van der Waals surface area (Å²) in [4.78, 5) is 23.1. The number of para-hydroxylation sites is 1. The summed E-state index contributed by atoms with van der Waals surface area (Å²) in [5, 5.41) is 13.8. The number of nitro groups is 1. The van der Waals surface area contributed by atoms with E-state index in [4.69, 9.17) is 0 Å². The van der Waals surface area contributed by atoms with Gasteiger partial charge in [0.15, 0.2) is 0 Å². The molecule has 0 atom stereocenters. The standard InChI is InChI=1S/C22H29N3O5S/c1-16(2)14-24(15-17(3)4)31(29,30)20-11-9-19(10-12-20)23-22(26)13-18-7-5-6-8-21(18)25(27)28/h5-12,16-17H,13-15H2,1-4H3,(H,23,26). The molecule has 0 saturated heterocycles. The zero-order valence-corrected chi connectivity index (χ0v) is 19.1. The quantitative estimate of drug-likeness (QED) is 0.436. The predicted octanol–water partition coefficient (Wildman–Crippen LogP) is 4.08. The van der Waals surface area contributed by atoms with Gasteiger partial charge in [0.2, 0.25) is 15.9 Å². The van der Waals surface area contributed by atoms with Crippen molar-refractivity contribution in [3.05, 3.63) is 64.2 Å². The molecule has 2 aromatic rings. The summed E-state index contributed by atoms with van der Waals surface area (Å²) in [6.45, 7) is 8.73. The molecular formula is C22H29N3O5S. The number of rotatable bonds is 10. The normalized spacial score (nSPS) is 11.8. The van der Waals surface area contributed by atoms with Crippen molar-refractivity contribution in [1.82, 2.24) is 4.31 Å². The van der Waals surface area contributed by atoms with Gasteiger partial charge in [-0.2, -0.15) is 4.31 Å². The number of nitro benzene ring substituents is 1. The van der Waals surface area contributed by atoms with Crippen LogP contribution >= 0.6 is 0 Å². The molecule has 2 rings (SSSR count). The summed E-state index contributed by atoms with van der Waals surface area (Å²) < 4.78 is 27.6. The molecule has 9 heteroatoms. The number of hydrogen-bond donors (Lipinski definition) is 1. The topological polar surface area (TPSA) is 110 Å². The highest BCUT2D eigenvalue weighted by Crippen LogP contribution is 2.22. The molecule has 0 fully saturated rings. The second kappa shape index (κ2) is 10.5. The van der Waals surface area contributed by atoms with Gasteiger partial charge in [-0.3, -0.25) is 14.9 Å². The Morgan fingerprint density at radius 1 is 1.00 bits per heavy atom. The summed E-state index contributed by atoms with van der Waals surface area (Å²) in [5.41, 5.74) is 0.610. The van der Waals surface area contributed by atoms with E-state index in [-0.39, 0.29) is 28.8 Å². The highest BCUT2D eigenvalue weighted by atomic mass is 32.2. The number of nitrogens with one attached hydrogen (secondary N) is 1. The Morgan fingerprint density at radius 2 is 1.55 bits per heavy atom. The van der Waals surface area contributed by atoms with E-state index in [1.807, 2.05) is 27.7 Å². The molecule has 0 aromatic heterocycles. The molecule has 0 heterocycles. The molecule has 2 aromatic carbocycles. The highest BCUT2D eigenvalue weighted by Gasteiger charge is 2.26. The minimum absolute atomic E-state index is 0.116. The maximum atomic E-state index is 13.1. The number of hydrogen-bond acceptors (Lipinski definition) is 5. The number of anilines is 1. The average Bonchev–Trinajstić information content (AvgIpc) is 2.67. The highest BCUT2D eigenvalue weighted by molar-refractivity contribution is 7.89. The first-order chi connectivity index (χ1) is 14.5. The van der Waals surface area contributed by atoms with Gasteiger partial charge < -0.3 is 5.32 Å². The van der Waals surface area contributed by atoms with E-state index in [1.54, 1.807) is 12.1 Å². The maximum Gasteiger partial charge on any atom is 0.273 e.